The quantitative estimate of drug-likeness (QED) is 0.348. The smallest absolute Gasteiger partial charge is 0.191 e. The Morgan fingerprint density at radius 2 is 2.19 bits per heavy atom. The normalized spacial score (nSPS) is 23.0. The van der Waals surface area contributed by atoms with E-state index in [0.29, 0.717) is 12.5 Å². The first-order chi connectivity index (χ1) is 13.4. The molecule has 1 aromatic rings. The molecule has 0 aliphatic carbocycles. The van der Waals surface area contributed by atoms with Crippen LogP contribution in [0.25, 0.3) is 0 Å². The molecule has 0 amide bonds. The van der Waals surface area contributed by atoms with E-state index >= 15 is 0 Å². The summed E-state index contributed by atoms with van der Waals surface area (Å²) in [5.74, 6) is 2.39. The summed E-state index contributed by atoms with van der Waals surface area (Å²) in [6.45, 7) is 6.47. The Labute approximate surface area is 161 Å². The molecule has 3 heterocycles. The molecule has 0 bridgehead atoms. The predicted molar refractivity (Wildman–Crippen MR) is 104 cm³/mol. The van der Waals surface area contributed by atoms with E-state index in [4.69, 9.17) is 18.6 Å². The fourth-order valence-electron chi connectivity index (χ4n) is 3.26. The van der Waals surface area contributed by atoms with Crippen molar-refractivity contribution in [3.8, 4) is 0 Å². The highest BCUT2D eigenvalue weighted by Gasteiger charge is 2.16. The van der Waals surface area contributed by atoms with Crippen LogP contribution in [0.1, 0.15) is 31.4 Å². The average molecular weight is 380 g/mol. The van der Waals surface area contributed by atoms with Crippen molar-refractivity contribution in [1.82, 2.24) is 10.6 Å². The third-order valence-electron chi connectivity index (χ3n) is 4.86. The second-order valence-corrected chi connectivity index (χ2v) is 7.17. The lowest BCUT2D eigenvalue weighted by Crippen LogP contribution is -2.39. The van der Waals surface area contributed by atoms with E-state index in [0.717, 1.165) is 89.9 Å². The van der Waals surface area contributed by atoms with Crippen LogP contribution in [-0.4, -0.2) is 64.7 Å². The fraction of sp³-hybridized carbons (Fsp3) is 0.750. The maximum absolute atomic E-state index is 5.76. The van der Waals surface area contributed by atoms with Gasteiger partial charge in [0.25, 0.3) is 0 Å². The molecular formula is C20H33N3O4. The Morgan fingerprint density at radius 1 is 1.22 bits per heavy atom. The van der Waals surface area contributed by atoms with Crippen molar-refractivity contribution in [3.05, 3.63) is 24.2 Å². The Morgan fingerprint density at radius 3 is 2.96 bits per heavy atom. The van der Waals surface area contributed by atoms with Crippen molar-refractivity contribution in [2.45, 2.75) is 38.2 Å². The minimum absolute atomic E-state index is 0.255. The van der Waals surface area contributed by atoms with E-state index in [1.807, 2.05) is 12.1 Å². The average Bonchev–Trinajstić information content (AvgIpc) is 3.45. The lowest BCUT2D eigenvalue weighted by Gasteiger charge is -2.14. The molecule has 2 saturated heterocycles. The minimum Gasteiger partial charge on any atom is -0.469 e. The molecule has 1 aromatic heterocycles. The number of furan rings is 1. The molecule has 2 aliphatic heterocycles. The van der Waals surface area contributed by atoms with Gasteiger partial charge in [0.15, 0.2) is 5.96 Å². The summed E-state index contributed by atoms with van der Waals surface area (Å²) < 4.78 is 22.2. The van der Waals surface area contributed by atoms with Gasteiger partial charge in [0.2, 0.25) is 0 Å². The lowest BCUT2D eigenvalue weighted by atomic mass is 10.1. The topological polar surface area (TPSA) is 77.3 Å². The van der Waals surface area contributed by atoms with Crippen LogP contribution in [0.3, 0.4) is 0 Å². The first-order valence-corrected chi connectivity index (χ1v) is 10.2. The number of hydrogen-bond acceptors (Lipinski definition) is 5. The molecule has 7 heteroatoms. The van der Waals surface area contributed by atoms with Crippen molar-refractivity contribution in [1.29, 1.82) is 0 Å². The predicted octanol–water partition coefficient (Wildman–Crippen LogP) is 1.98. The molecule has 7 nitrogen and oxygen atoms in total. The van der Waals surface area contributed by atoms with Crippen LogP contribution in [-0.2, 0) is 20.6 Å². The van der Waals surface area contributed by atoms with E-state index in [9.17, 15) is 0 Å². The molecule has 2 atom stereocenters. The Kier molecular flexibility index (Phi) is 8.97. The Hall–Kier alpha value is -1.57. The zero-order valence-corrected chi connectivity index (χ0v) is 16.2. The number of nitrogens with one attached hydrogen (secondary N) is 2. The highest BCUT2D eigenvalue weighted by atomic mass is 16.5. The van der Waals surface area contributed by atoms with Gasteiger partial charge in [0.1, 0.15) is 5.76 Å². The highest BCUT2D eigenvalue weighted by Crippen LogP contribution is 2.12. The van der Waals surface area contributed by atoms with Gasteiger partial charge in [-0.25, -0.2) is 0 Å². The molecular weight excluding hydrogens is 346 g/mol. The first-order valence-electron chi connectivity index (χ1n) is 10.2. The number of rotatable bonds is 11. The van der Waals surface area contributed by atoms with Crippen LogP contribution in [0.2, 0.25) is 0 Å². The summed E-state index contributed by atoms with van der Waals surface area (Å²) in [4.78, 5) is 4.69. The van der Waals surface area contributed by atoms with E-state index < -0.39 is 0 Å². The van der Waals surface area contributed by atoms with Gasteiger partial charge in [0, 0.05) is 45.2 Å². The zero-order chi connectivity index (χ0) is 18.6. The number of guanidine groups is 1. The van der Waals surface area contributed by atoms with Crippen LogP contribution in [0, 0.1) is 5.92 Å². The van der Waals surface area contributed by atoms with Gasteiger partial charge in [0.05, 0.1) is 32.1 Å². The van der Waals surface area contributed by atoms with Crippen LogP contribution in [0.5, 0.6) is 0 Å². The van der Waals surface area contributed by atoms with Crippen LogP contribution in [0.15, 0.2) is 27.8 Å². The molecule has 2 fully saturated rings. The number of aliphatic imine (C=N–C) groups is 1. The van der Waals surface area contributed by atoms with Gasteiger partial charge in [-0.05, 0) is 37.8 Å². The van der Waals surface area contributed by atoms with Gasteiger partial charge in [-0.1, -0.05) is 0 Å². The zero-order valence-electron chi connectivity index (χ0n) is 16.2. The van der Waals surface area contributed by atoms with Crippen LogP contribution < -0.4 is 10.6 Å². The molecule has 2 N–H and O–H groups in total. The summed E-state index contributed by atoms with van der Waals surface area (Å²) in [5, 5.41) is 6.78. The first kappa shape index (κ1) is 20.2. The Bertz CT molecular complexity index is 523. The van der Waals surface area contributed by atoms with Gasteiger partial charge < -0.3 is 29.3 Å². The molecule has 0 aromatic carbocycles. The molecule has 3 rings (SSSR count). The van der Waals surface area contributed by atoms with Crippen molar-refractivity contribution in [3.63, 3.8) is 0 Å². The second-order valence-electron chi connectivity index (χ2n) is 7.17. The highest BCUT2D eigenvalue weighted by molar-refractivity contribution is 5.79. The van der Waals surface area contributed by atoms with Crippen molar-refractivity contribution < 1.29 is 18.6 Å². The maximum atomic E-state index is 5.76. The van der Waals surface area contributed by atoms with Gasteiger partial charge in [-0.15, -0.1) is 0 Å². The summed E-state index contributed by atoms with van der Waals surface area (Å²) in [6.07, 6.45) is 7.10. The second kappa shape index (κ2) is 12.0. The molecule has 2 aliphatic rings. The maximum Gasteiger partial charge on any atom is 0.191 e. The summed E-state index contributed by atoms with van der Waals surface area (Å²) in [5.41, 5.74) is 0. The molecule has 0 radical (unpaired) electrons. The van der Waals surface area contributed by atoms with E-state index in [2.05, 4.69) is 15.6 Å². The Balaban J connectivity index is 1.32. The van der Waals surface area contributed by atoms with Crippen LogP contribution in [0.4, 0.5) is 0 Å². The lowest BCUT2D eigenvalue weighted by molar-refractivity contribution is 0.0888. The van der Waals surface area contributed by atoms with E-state index in [1.165, 1.54) is 0 Å². The van der Waals surface area contributed by atoms with E-state index in [1.54, 1.807) is 6.26 Å². The number of hydrogen-bond donors (Lipinski definition) is 2. The summed E-state index contributed by atoms with van der Waals surface area (Å²) >= 11 is 0. The standard InChI is InChI=1S/C20H33N3O4/c1-4-18(26-11-1)6-9-22-20(23-14-19-5-2-12-27-19)21-8-3-10-24-15-17-7-13-25-16-17/h1,4,11,17,19H,2-3,5-10,12-16H2,(H2,21,22,23). The molecule has 2 unspecified atom stereocenters. The van der Waals surface area contributed by atoms with Crippen molar-refractivity contribution >= 4 is 5.96 Å². The van der Waals surface area contributed by atoms with Gasteiger partial charge in [-0.2, -0.15) is 0 Å². The monoisotopic (exact) mass is 379 g/mol. The van der Waals surface area contributed by atoms with Gasteiger partial charge >= 0.3 is 0 Å². The van der Waals surface area contributed by atoms with Crippen molar-refractivity contribution in [2.75, 3.05) is 52.7 Å². The third-order valence-corrected chi connectivity index (χ3v) is 4.86. The SMILES string of the molecule is c1coc(CCNC(=NCC2CCCO2)NCCCOCC2CCOC2)c1. The molecule has 0 saturated carbocycles. The molecule has 0 spiro atoms. The molecule has 152 valence electrons. The number of ether oxygens (including phenoxy) is 3. The van der Waals surface area contributed by atoms with Crippen molar-refractivity contribution in [2.24, 2.45) is 10.9 Å². The summed E-state index contributed by atoms with van der Waals surface area (Å²) in [6, 6.07) is 3.91. The van der Waals surface area contributed by atoms with E-state index in [-0.39, 0.29) is 6.10 Å². The van der Waals surface area contributed by atoms with Gasteiger partial charge in [-0.3, -0.25) is 4.99 Å². The molecule has 27 heavy (non-hydrogen) atoms. The summed E-state index contributed by atoms with van der Waals surface area (Å²) in [7, 11) is 0. The van der Waals surface area contributed by atoms with Crippen LogP contribution >= 0.6 is 0 Å². The fourth-order valence-corrected chi connectivity index (χ4v) is 3.26. The minimum atomic E-state index is 0.255. The largest absolute Gasteiger partial charge is 0.469 e. The number of nitrogens with zero attached hydrogens (tertiary/aromatic N) is 1. The third kappa shape index (κ3) is 7.91.